The number of rotatable bonds is 4. The minimum Gasteiger partial charge on any atom is -0.350 e. The van der Waals surface area contributed by atoms with Gasteiger partial charge in [0.25, 0.3) is 0 Å². The zero-order chi connectivity index (χ0) is 20.0. The van der Waals surface area contributed by atoms with Crippen molar-refractivity contribution in [1.82, 2.24) is 19.2 Å². The average Bonchev–Trinajstić information content (AvgIpc) is 3.21. The van der Waals surface area contributed by atoms with Crippen LogP contribution in [0.1, 0.15) is 31.1 Å². The molecule has 1 N–H and O–H groups in total. The molecule has 1 aromatic carbocycles. The summed E-state index contributed by atoms with van der Waals surface area (Å²) in [6.45, 7) is 5.22. The molecule has 0 unspecified atom stereocenters. The molecule has 0 fully saturated rings. The second kappa shape index (κ2) is 6.60. The van der Waals surface area contributed by atoms with Crippen molar-refractivity contribution < 1.29 is 9.59 Å². The highest BCUT2D eigenvalue weighted by Gasteiger charge is 2.14. The number of aryl methyl sites for hydroxylation is 1. The summed E-state index contributed by atoms with van der Waals surface area (Å²) in [6.07, 6.45) is 3.67. The minimum absolute atomic E-state index is 0.0428. The molecule has 4 rings (SSSR count). The maximum Gasteiger partial charge on any atom is 0.249 e. The largest absolute Gasteiger partial charge is 0.350 e. The Morgan fingerprint density at radius 3 is 2.57 bits per heavy atom. The number of nitrogens with one attached hydrogen (secondary N) is 1. The summed E-state index contributed by atoms with van der Waals surface area (Å²) in [5.41, 5.74) is 4.30. The Bertz CT molecular complexity index is 1230. The van der Waals surface area contributed by atoms with Gasteiger partial charge in [-0.25, -0.2) is 4.52 Å². The molecule has 1 amide bonds. The summed E-state index contributed by atoms with van der Waals surface area (Å²) in [5, 5.41) is 7.93. The van der Waals surface area contributed by atoms with Crippen LogP contribution in [0.4, 0.5) is 5.95 Å². The summed E-state index contributed by atoms with van der Waals surface area (Å²) >= 11 is 0. The van der Waals surface area contributed by atoms with Gasteiger partial charge in [0.15, 0.2) is 11.4 Å². The van der Waals surface area contributed by atoms with Gasteiger partial charge in [-0.2, -0.15) is 4.98 Å². The van der Waals surface area contributed by atoms with E-state index < -0.39 is 0 Å². The highest BCUT2D eigenvalue weighted by atomic mass is 16.2. The number of ketones is 1. The molecule has 0 aliphatic heterocycles. The number of Topliss-reactive ketones (excluding diaryl/α,β-unsaturated/α-hetero) is 1. The van der Waals surface area contributed by atoms with Gasteiger partial charge in [-0.15, -0.1) is 5.10 Å². The number of hydrogen-bond donors (Lipinski definition) is 1. The fraction of sp³-hybridized carbons (Fsp3) is 0.238. The van der Waals surface area contributed by atoms with Gasteiger partial charge in [0.1, 0.15) is 0 Å². The molecule has 0 saturated heterocycles. The highest BCUT2D eigenvalue weighted by Crippen LogP contribution is 2.28. The molecule has 0 bridgehead atoms. The predicted octanol–water partition coefficient (Wildman–Crippen LogP) is 3.69. The highest BCUT2D eigenvalue weighted by molar-refractivity contribution is 6.07. The topological polar surface area (TPSA) is 81.3 Å². The first-order valence-corrected chi connectivity index (χ1v) is 9.11. The predicted molar refractivity (Wildman–Crippen MR) is 108 cm³/mol. The van der Waals surface area contributed by atoms with Crippen LogP contribution >= 0.6 is 0 Å². The molecular formula is C21H21N5O2. The van der Waals surface area contributed by atoms with Crippen molar-refractivity contribution in [3.8, 4) is 11.1 Å². The fourth-order valence-electron chi connectivity index (χ4n) is 3.22. The number of pyridine rings is 1. The second-order valence-electron chi connectivity index (χ2n) is 7.24. The Kier molecular flexibility index (Phi) is 4.22. The van der Waals surface area contributed by atoms with E-state index in [2.05, 4.69) is 15.4 Å². The molecule has 142 valence electrons. The van der Waals surface area contributed by atoms with Gasteiger partial charge in [-0.05, 0) is 42.3 Å². The van der Waals surface area contributed by atoms with E-state index in [4.69, 9.17) is 0 Å². The Balaban J connectivity index is 1.75. The van der Waals surface area contributed by atoms with E-state index in [9.17, 15) is 9.59 Å². The second-order valence-corrected chi connectivity index (χ2v) is 7.24. The van der Waals surface area contributed by atoms with E-state index in [-0.39, 0.29) is 23.6 Å². The number of amides is 1. The normalized spacial score (nSPS) is 11.5. The monoisotopic (exact) mass is 375 g/mol. The molecule has 4 aromatic rings. The van der Waals surface area contributed by atoms with Gasteiger partial charge in [0, 0.05) is 41.8 Å². The smallest absolute Gasteiger partial charge is 0.249 e. The number of benzene rings is 1. The zero-order valence-electron chi connectivity index (χ0n) is 16.2. The Hall–Kier alpha value is -3.48. The van der Waals surface area contributed by atoms with Gasteiger partial charge < -0.3 is 4.57 Å². The van der Waals surface area contributed by atoms with Crippen molar-refractivity contribution in [3.05, 3.63) is 48.3 Å². The molecule has 0 aliphatic rings. The van der Waals surface area contributed by atoms with Crippen molar-refractivity contribution in [3.63, 3.8) is 0 Å². The summed E-state index contributed by atoms with van der Waals surface area (Å²) in [6, 6.07) is 9.91. The quantitative estimate of drug-likeness (QED) is 0.552. The lowest BCUT2D eigenvalue weighted by Gasteiger charge is -2.04. The maximum absolute atomic E-state index is 12.0. The van der Waals surface area contributed by atoms with Crippen LogP contribution in [0.3, 0.4) is 0 Å². The van der Waals surface area contributed by atoms with Crippen LogP contribution in [-0.4, -0.2) is 30.9 Å². The molecule has 0 spiro atoms. The minimum atomic E-state index is -0.143. The first-order valence-electron chi connectivity index (χ1n) is 9.11. The molecule has 0 atom stereocenters. The van der Waals surface area contributed by atoms with E-state index in [0.717, 1.165) is 22.0 Å². The molecule has 0 saturated carbocycles. The van der Waals surface area contributed by atoms with Gasteiger partial charge in [0.2, 0.25) is 11.9 Å². The molecule has 7 nitrogen and oxygen atoms in total. The van der Waals surface area contributed by atoms with E-state index in [1.807, 2.05) is 68.2 Å². The Morgan fingerprint density at radius 2 is 1.86 bits per heavy atom. The van der Waals surface area contributed by atoms with Crippen molar-refractivity contribution in [2.45, 2.75) is 20.8 Å². The van der Waals surface area contributed by atoms with Gasteiger partial charge in [-0.1, -0.05) is 19.9 Å². The number of carbonyl (C=O) groups excluding carboxylic acids is 2. The van der Waals surface area contributed by atoms with Gasteiger partial charge in [0.05, 0.1) is 0 Å². The first kappa shape index (κ1) is 17.9. The summed E-state index contributed by atoms with van der Waals surface area (Å²) < 4.78 is 3.59. The Morgan fingerprint density at radius 1 is 1.11 bits per heavy atom. The van der Waals surface area contributed by atoms with Crippen molar-refractivity contribution in [2.24, 2.45) is 13.0 Å². The van der Waals surface area contributed by atoms with E-state index in [1.54, 1.807) is 11.4 Å². The number of nitrogens with zero attached hydrogens (tertiary/aromatic N) is 4. The van der Waals surface area contributed by atoms with Gasteiger partial charge in [-0.3, -0.25) is 14.9 Å². The van der Waals surface area contributed by atoms with Gasteiger partial charge >= 0.3 is 0 Å². The number of aromatic nitrogens is 4. The molecule has 0 radical (unpaired) electrons. The molecule has 0 aliphatic carbocycles. The van der Waals surface area contributed by atoms with E-state index in [0.29, 0.717) is 11.2 Å². The SMILES string of the molecule is CC(=O)c1cn(C)c2ccc(-c3ccn4nc(NC(=O)C(C)C)nc4c3)cc12. The number of anilines is 1. The van der Waals surface area contributed by atoms with Crippen LogP contribution in [0.5, 0.6) is 0 Å². The lowest BCUT2D eigenvalue weighted by molar-refractivity contribution is -0.118. The maximum atomic E-state index is 12.0. The lowest BCUT2D eigenvalue weighted by Crippen LogP contribution is -2.18. The van der Waals surface area contributed by atoms with Crippen LogP contribution in [0.2, 0.25) is 0 Å². The summed E-state index contributed by atoms with van der Waals surface area (Å²) in [4.78, 5) is 28.2. The third-order valence-electron chi connectivity index (χ3n) is 4.80. The molecule has 7 heteroatoms. The fourth-order valence-corrected chi connectivity index (χ4v) is 3.22. The van der Waals surface area contributed by atoms with Crippen molar-refractivity contribution in [1.29, 1.82) is 0 Å². The molecule has 3 heterocycles. The van der Waals surface area contributed by atoms with Crippen LogP contribution in [0.25, 0.3) is 27.7 Å². The molecular weight excluding hydrogens is 354 g/mol. The molecule has 3 aromatic heterocycles. The van der Waals surface area contributed by atoms with Crippen LogP contribution in [0, 0.1) is 5.92 Å². The standard InChI is InChI=1S/C21H21N5O2/c1-12(2)20(28)23-21-22-19-10-15(7-8-26(19)24-21)14-5-6-18-16(9-14)17(13(3)27)11-25(18)4/h5-12H,1-4H3,(H,23,24,28). The van der Waals surface area contributed by atoms with Crippen molar-refractivity contribution >= 4 is 34.2 Å². The van der Waals surface area contributed by atoms with Crippen molar-refractivity contribution in [2.75, 3.05) is 5.32 Å². The average molecular weight is 375 g/mol. The van der Waals surface area contributed by atoms with E-state index in [1.165, 1.54) is 0 Å². The number of hydrogen-bond acceptors (Lipinski definition) is 4. The number of fused-ring (bicyclic) bond motifs is 2. The first-order chi connectivity index (χ1) is 13.3. The Labute approximate surface area is 162 Å². The van der Waals surface area contributed by atoms with E-state index >= 15 is 0 Å². The number of carbonyl (C=O) groups is 2. The molecule has 28 heavy (non-hydrogen) atoms. The van der Waals surface area contributed by atoms with Crippen LogP contribution in [-0.2, 0) is 11.8 Å². The zero-order valence-corrected chi connectivity index (χ0v) is 16.2. The summed E-state index contributed by atoms with van der Waals surface area (Å²) in [7, 11) is 1.93. The lowest BCUT2D eigenvalue weighted by atomic mass is 10.0. The van der Waals surface area contributed by atoms with Crippen LogP contribution < -0.4 is 5.32 Å². The third kappa shape index (κ3) is 3.05. The third-order valence-corrected chi connectivity index (χ3v) is 4.80. The summed E-state index contributed by atoms with van der Waals surface area (Å²) in [5.74, 6) is 0.0621. The van der Waals surface area contributed by atoms with Crippen LogP contribution in [0.15, 0.2) is 42.7 Å².